The van der Waals surface area contributed by atoms with Crippen molar-refractivity contribution >= 4 is 5.91 Å². The Morgan fingerprint density at radius 1 is 1.44 bits per heavy atom. The van der Waals surface area contributed by atoms with Crippen molar-refractivity contribution in [2.45, 2.75) is 18.9 Å². The van der Waals surface area contributed by atoms with Crippen LogP contribution in [0.5, 0.6) is 0 Å². The molecule has 0 aliphatic carbocycles. The summed E-state index contributed by atoms with van der Waals surface area (Å²) in [6, 6.07) is 0. The Labute approximate surface area is 95.3 Å². The lowest BCUT2D eigenvalue weighted by molar-refractivity contribution is -0.159. The van der Waals surface area contributed by atoms with Gasteiger partial charge in [0, 0.05) is 19.7 Å². The summed E-state index contributed by atoms with van der Waals surface area (Å²) in [6.07, 6.45) is 1.53. The zero-order valence-electron chi connectivity index (χ0n) is 9.43. The molecule has 1 N–H and O–H groups in total. The van der Waals surface area contributed by atoms with Gasteiger partial charge in [-0.1, -0.05) is 0 Å². The fourth-order valence-corrected chi connectivity index (χ4v) is 2.25. The van der Waals surface area contributed by atoms with Crippen molar-refractivity contribution in [1.82, 2.24) is 4.90 Å². The molecule has 0 saturated carbocycles. The molecule has 5 nitrogen and oxygen atoms in total. The Hall–Kier alpha value is -0.650. The van der Waals surface area contributed by atoms with E-state index < -0.39 is 6.10 Å². The fourth-order valence-electron chi connectivity index (χ4n) is 2.25. The highest BCUT2D eigenvalue weighted by molar-refractivity contribution is 5.81. The highest BCUT2D eigenvalue weighted by atomic mass is 16.6. The Balaban J connectivity index is 1.87. The molecule has 0 spiro atoms. The number of carbonyl (C=O) groups excluding carboxylic acids is 1. The normalized spacial score (nSPS) is 31.4. The first-order valence-corrected chi connectivity index (χ1v) is 5.90. The van der Waals surface area contributed by atoms with E-state index >= 15 is 0 Å². The van der Waals surface area contributed by atoms with Crippen molar-refractivity contribution in [3.63, 3.8) is 0 Å². The monoisotopic (exact) mass is 229 g/mol. The van der Waals surface area contributed by atoms with Gasteiger partial charge in [0.2, 0.25) is 0 Å². The molecule has 2 atom stereocenters. The predicted octanol–water partition coefficient (Wildman–Crippen LogP) is -0.367. The second kappa shape index (κ2) is 5.61. The molecule has 1 amide bonds. The lowest BCUT2D eigenvalue weighted by atomic mass is 9.98. The van der Waals surface area contributed by atoms with E-state index in [4.69, 9.17) is 14.6 Å². The highest BCUT2D eigenvalue weighted by Gasteiger charge is 2.30. The Bertz CT molecular complexity index is 240. The SMILES string of the molecule is O=C(C1COCCO1)N1CCCC(CO)C1. The molecule has 2 aliphatic rings. The first-order chi connectivity index (χ1) is 7.81. The maximum Gasteiger partial charge on any atom is 0.254 e. The summed E-state index contributed by atoms with van der Waals surface area (Å²) in [7, 11) is 0. The predicted molar refractivity (Wildman–Crippen MR) is 56.9 cm³/mol. The number of nitrogens with zero attached hydrogens (tertiary/aromatic N) is 1. The maximum absolute atomic E-state index is 12.1. The van der Waals surface area contributed by atoms with Crippen LogP contribution in [0.15, 0.2) is 0 Å². The number of hydrogen-bond acceptors (Lipinski definition) is 4. The van der Waals surface area contributed by atoms with E-state index in [9.17, 15) is 4.79 Å². The third kappa shape index (κ3) is 2.72. The van der Waals surface area contributed by atoms with Crippen LogP contribution in [0.25, 0.3) is 0 Å². The zero-order chi connectivity index (χ0) is 11.4. The molecule has 16 heavy (non-hydrogen) atoms. The van der Waals surface area contributed by atoms with Crippen LogP contribution in [0.1, 0.15) is 12.8 Å². The van der Waals surface area contributed by atoms with E-state index in [0.29, 0.717) is 26.4 Å². The summed E-state index contributed by atoms with van der Waals surface area (Å²) in [5.74, 6) is 0.236. The minimum Gasteiger partial charge on any atom is -0.396 e. The first kappa shape index (κ1) is 11.8. The fraction of sp³-hybridized carbons (Fsp3) is 0.909. The van der Waals surface area contributed by atoms with Gasteiger partial charge in [-0.3, -0.25) is 4.79 Å². The van der Waals surface area contributed by atoms with Crippen molar-refractivity contribution in [3.05, 3.63) is 0 Å². The molecule has 92 valence electrons. The summed E-state index contributed by atoms with van der Waals surface area (Å²) in [4.78, 5) is 13.8. The smallest absolute Gasteiger partial charge is 0.254 e. The number of likely N-dealkylation sites (tertiary alicyclic amines) is 1. The van der Waals surface area contributed by atoms with Crippen LogP contribution in [-0.2, 0) is 14.3 Å². The van der Waals surface area contributed by atoms with E-state index in [-0.39, 0.29) is 18.4 Å². The standard InChI is InChI=1S/C11H19NO4/c13-7-9-2-1-3-12(6-9)11(14)10-8-15-4-5-16-10/h9-10,13H,1-8H2. The molecule has 5 heteroatoms. The number of hydrogen-bond donors (Lipinski definition) is 1. The topological polar surface area (TPSA) is 59.0 Å². The van der Waals surface area contributed by atoms with Crippen LogP contribution in [0, 0.1) is 5.92 Å². The Morgan fingerprint density at radius 3 is 3.00 bits per heavy atom. The average Bonchev–Trinajstić information content (AvgIpc) is 2.39. The molecule has 0 radical (unpaired) electrons. The van der Waals surface area contributed by atoms with Gasteiger partial charge >= 0.3 is 0 Å². The molecule has 2 heterocycles. The number of piperidine rings is 1. The summed E-state index contributed by atoms with van der Waals surface area (Å²) in [6.45, 7) is 3.01. The van der Waals surface area contributed by atoms with Crippen LogP contribution in [0.4, 0.5) is 0 Å². The van der Waals surface area contributed by atoms with Crippen molar-refractivity contribution < 1.29 is 19.4 Å². The maximum atomic E-state index is 12.1. The van der Waals surface area contributed by atoms with E-state index in [2.05, 4.69) is 0 Å². The summed E-state index contributed by atoms with van der Waals surface area (Å²) < 4.78 is 10.6. The Kier molecular flexibility index (Phi) is 4.15. The summed E-state index contributed by atoms with van der Waals surface area (Å²) in [5, 5.41) is 9.11. The van der Waals surface area contributed by atoms with E-state index in [1.165, 1.54) is 0 Å². The molecular formula is C11H19NO4. The third-order valence-corrected chi connectivity index (χ3v) is 3.18. The Morgan fingerprint density at radius 2 is 2.31 bits per heavy atom. The molecular weight excluding hydrogens is 210 g/mol. The van der Waals surface area contributed by atoms with Gasteiger partial charge in [0.15, 0.2) is 6.10 Å². The van der Waals surface area contributed by atoms with Crippen molar-refractivity contribution in [2.24, 2.45) is 5.92 Å². The summed E-state index contributed by atoms with van der Waals surface area (Å²) in [5.41, 5.74) is 0. The highest BCUT2D eigenvalue weighted by Crippen LogP contribution is 2.17. The number of ether oxygens (including phenoxy) is 2. The first-order valence-electron chi connectivity index (χ1n) is 5.90. The van der Waals surface area contributed by atoms with Gasteiger partial charge in [-0.25, -0.2) is 0 Å². The average molecular weight is 229 g/mol. The quantitative estimate of drug-likeness (QED) is 0.702. The second-order valence-electron chi connectivity index (χ2n) is 4.41. The second-order valence-corrected chi connectivity index (χ2v) is 4.41. The largest absolute Gasteiger partial charge is 0.396 e. The zero-order valence-corrected chi connectivity index (χ0v) is 9.43. The molecule has 2 saturated heterocycles. The van der Waals surface area contributed by atoms with Crippen molar-refractivity contribution in [1.29, 1.82) is 0 Å². The minimum absolute atomic E-state index is 0.0119. The number of carbonyl (C=O) groups is 1. The van der Waals surface area contributed by atoms with Gasteiger partial charge in [-0.15, -0.1) is 0 Å². The number of aliphatic hydroxyl groups excluding tert-OH is 1. The molecule has 2 unspecified atom stereocenters. The van der Waals surface area contributed by atoms with Gasteiger partial charge < -0.3 is 19.5 Å². The van der Waals surface area contributed by atoms with Crippen molar-refractivity contribution in [3.8, 4) is 0 Å². The van der Waals surface area contributed by atoms with Crippen LogP contribution in [0.2, 0.25) is 0 Å². The third-order valence-electron chi connectivity index (χ3n) is 3.18. The molecule has 2 fully saturated rings. The summed E-state index contributed by atoms with van der Waals surface area (Å²) >= 11 is 0. The van der Waals surface area contributed by atoms with Gasteiger partial charge in [-0.05, 0) is 18.8 Å². The van der Waals surface area contributed by atoms with Gasteiger partial charge in [0.1, 0.15) is 0 Å². The van der Waals surface area contributed by atoms with Gasteiger partial charge in [-0.2, -0.15) is 0 Å². The van der Waals surface area contributed by atoms with Gasteiger partial charge in [0.05, 0.1) is 19.8 Å². The van der Waals surface area contributed by atoms with Gasteiger partial charge in [0.25, 0.3) is 5.91 Å². The number of rotatable bonds is 2. The molecule has 2 rings (SSSR count). The van der Waals surface area contributed by atoms with Crippen LogP contribution in [-0.4, -0.2) is 61.5 Å². The number of aliphatic hydroxyl groups is 1. The molecule has 2 aliphatic heterocycles. The minimum atomic E-state index is -0.439. The van der Waals surface area contributed by atoms with Crippen LogP contribution >= 0.6 is 0 Å². The van der Waals surface area contributed by atoms with Crippen molar-refractivity contribution in [2.75, 3.05) is 39.5 Å². The van der Waals surface area contributed by atoms with E-state index in [1.807, 2.05) is 0 Å². The van der Waals surface area contributed by atoms with Crippen LogP contribution < -0.4 is 0 Å². The van der Waals surface area contributed by atoms with Crippen LogP contribution in [0.3, 0.4) is 0 Å². The molecule has 0 bridgehead atoms. The molecule has 0 aromatic carbocycles. The lowest BCUT2D eigenvalue weighted by Crippen LogP contribution is -2.49. The van der Waals surface area contributed by atoms with E-state index in [0.717, 1.165) is 19.4 Å². The van der Waals surface area contributed by atoms with E-state index in [1.54, 1.807) is 4.90 Å². The molecule has 0 aromatic heterocycles. The number of amides is 1. The lowest BCUT2D eigenvalue weighted by Gasteiger charge is -2.35. The molecule has 0 aromatic rings.